The smallest absolute Gasteiger partial charge is 0.359 e. The Labute approximate surface area is 159 Å². The van der Waals surface area contributed by atoms with Crippen molar-refractivity contribution in [2.75, 3.05) is 6.61 Å². The molecule has 0 atom stereocenters. The second kappa shape index (κ2) is 7.62. The number of nitrogens with zero attached hydrogens (tertiary/aromatic N) is 2. The minimum atomic E-state index is -0.355. The lowest BCUT2D eigenvalue weighted by Crippen LogP contribution is -2.09. The molecule has 4 heteroatoms. The standard InChI is InChI=1S/C23H22N2O2/c1-2-27-23(26)22-20-15-19(18-11-7-4-8-12-18)13-14-21(20)25(24-22)16-17-9-5-3-6-10-17/h3-12,15H,2,13-14,16H2,1H3. The first-order valence-electron chi connectivity index (χ1n) is 9.33. The summed E-state index contributed by atoms with van der Waals surface area (Å²) in [5.74, 6) is -0.355. The first-order valence-corrected chi connectivity index (χ1v) is 9.33. The van der Waals surface area contributed by atoms with Crippen molar-refractivity contribution in [3.63, 3.8) is 0 Å². The molecule has 1 aromatic heterocycles. The van der Waals surface area contributed by atoms with E-state index < -0.39 is 0 Å². The van der Waals surface area contributed by atoms with E-state index >= 15 is 0 Å². The Morgan fingerprint density at radius 1 is 1.04 bits per heavy atom. The van der Waals surface area contributed by atoms with Gasteiger partial charge in [-0.1, -0.05) is 60.7 Å². The van der Waals surface area contributed by atoms with Gasteiger partial charge in [-0.05, 0) is 42.5 Å². The van der Waals surface area contributed by atoms with E-state index in [1.807, 2.05) is 48.0 Å². The topological polar surface area (TPSA) is 44.1 Å². The number of aromatic nitrogens is 2. The Morgan fingerprint density at radius 3 is 2.44 bits per heavy atom. The Hall–Kier alpha value is -3.14. The van der Waals surface area contributed by atoms with Crippen molar-refractivity contribution in [1.29, 1.82) is 0 Å². The quantitative estimate of drug-likeness (QED) is 0.626. The highest BCUT2D eigenvalue weighted by Crippen LogP contribution is 2.32. The van der Waals surface area contributed by atoms with Crippen LogP contribution in [0.4, 0.5) is 0 Å². The lowest BCUT2D eigenvalue weighted by Gasteiger charge is -2.16. The molecule has 0 radical (unpaired) electrons. The van der Waals surface area contributed by atoms with E-state index in [9.17, 15) is 4.79 Å². The van der Waals surface area contributed by atoms with Crippen LogP contribution in [0, 0.1) is 0 Å². The highest BCUT2D eigenvalue weighted by molar-refractivity contribution is 5.96. The summed E-state index contributed by atoms with van der Waals surface area (Å²) in [6, 6.07) is 20.5. The van der Waals surface area contributed by atoms with E-state index in [0.29, 0.717) is 18.8 Å². The summed E-state index contributed by atoms with van der Waals surface area (Å²) >= 11 is 0. The maximum absolute atomic E-state index is 12.5. The molecule has 0 fully saturated rings. The van der Waals surface area contributed by atoms with Gasteiger partial charge in [-0.15, -0.1) is 0 Å². The van der Waals surface area contributed by atoms with Gasteiger partial charge in [-0.25, -0.2) is 4.79 Å². The number of carbonyl (C=O) groups excluding carboxylic acids is 1. The largest absolute Gasteiger partial charge is 0.461 e. The van der Waals surface area contributed by atoms with Gasteiger partial charge in [0.2, 0.25) is 0 Å². The van der Waals surface area contributed by atoms with Crippen LogP contribution in [0.5, 0.6) is 0 Å². The molecule has 0 spiro atoms. The van der Waals surface area contributed by atoms with E-state index in [2.05, 4.69) is 35.4 Å². The summed E-state index contributed by atoms with van der Waals surface area (Å²) in [6.45, 7) is 2.81. The van der Waals surface area contributed by atoms with Crippen LogP contribution in [0.15, 0.2) is 60.7 Å². The van der Waals surface area contributed by atoms with E-state index in [1.54, 1.807) is 0 Å². The number of allylic oxidation sites excluding steroid dienone is 1. The molecule has 136 valence electrons. The van der Waals surface area contributed by atoms with Crippen LogP contribution in [0.1, 0.15) is 46.2 Å². The average molecular weight is 358 g/mol. The molecule has 0 aliphatic heterocycles. The second-order valence-corrected chi connectivity index (χ2v) is 6.61. The van der Waals surface area contributed by atoms with Crippen LogP contribution in [0.2, 0.25) is 0 Å². The van der Waals surface area contributed by atoms with Crippen LogP contribution in [-0.2, 0) is 17.7 Å². The molecule has 0 saturated heterocycles. The van der Waals surface area contributed by atoms with Gasteiger partial charge < -0.3 is 4.74 Å². The summed E-state index contributed by atoms with van der Waals surface area (Å²) in [5.41, 5.74) is 5.99. The molecular formula is C23H22N2O2. The predicted molar refractivity (Wildman–Crippen MR) is 106 cm³/mol. The van der Waals surface area contributed by atoms with Crippen LogP contribution in [-0.4, -0.2) is 22.4 Å². The van der Waals surface area contributed by atoms with E-state index in [4.69, 9.17) is 4.74 Å². The fraction of sp³-hybridized carbons (Fsp3) is 0.217. The minimum Gasteiger partial charge on any atom is -0.461 e. The lowest BCUT2D eigenvalue weighted by molar-refractivity contribution is 0.0518. The zero-order chi connectivity index (χ0) is 18.6. The molecule has 0 saturated carbocycles. The molecule has 3 aromatic rings. The zero-order valence-corrected chi connectivity index (χ0v) is 15.4. The van der Waals surface area contributed by atoms with Gasteiger partial charge >= 0.3 is 5.97 Å². The van der Waals surface area contributed by atoms with E-state index in [-0.39, 0.29) is 5.97 Å². The maximum Gasteiger partial charge on any atom is 0.359 e. The first kappa shape index (κ1) is 17.3. The highest BCUT2D eigenvalue weighted by atomic mass is 16.5. The molecule has 1 aliphatic rings. The summed E-state index contributed by atoms with van der Waals surface area (Å²) in [4.78, 5) is 12.5. The third-order valence-electron chi connectivity index (χ3n) is 4.84. The molecule has 0 bridgehead atoms. The van der Waals surface area contributed by atoms with Gasteiger partial charge in [0.25, 0.3) is 0 Å². The number of benzene rings is 2. The van der Waals surface area contributed by atoms with Crippen molar-refractivity contribution < 1.29 is 9.53 Å². The number of rotatable bonds is 5. The molecule has 1 aliphatic carbocycles. The van der Waals surface area contributed by atoms with Gasteiger partial charge in [0.1, 0.15) is 0 Å². The molecule has 2 aromatic carbocycles. The van der Waals surface area contributed by atoms with Gasteiger partial charge in [0, 0.05) is 11.3 Å². The van der Waals surface area contributed by atoms with Crippen molar-refractivity contribution in [2.24, 2.45) is 0 Å². The number of fused-ring (bicyclic) bond motifs is 1. The second-order valence-electron chi connectivity index (χ2n) is 6.61. The zero-order valence-electron chi connectivity index (χ0n) is 15.4. The van der Waals surface area contributed by atoms with Crippen molar-refractivity contribution in [3.05, 3.63) is 88.7 Å². The van der Waals surface area contributed by atoms with Gasteiger partial charge in [-0.3, -0.25) is 4.68 Å². The van der Waals surface area contributed by atoms with Crippen molar-refractivity contribution >= 4 is 17.6 Å². The van der Waals surface area contributed by atoms with Crippen LogP contribution < -0.4 is 0 Å². The maximum atomic E-state index is 12.5. The molecule has 4 rings (SSSR count). The van der Waals surface area contributed by atoms with Crippen LogP contribution in [0.3, 0.4) is 0 Å². The van der Waals surface area contributed by atoms with E-state index in [0.717, 1.165) is 29.7 Å². The van der Waals surface area contributed by atoms with Crippen LogP contribution in [0.25, 0.3) is 11.6 Å². The number of esters is 1. The van der Waals surface area contributed by atoms with Gasteiger partial charge in [0.05, 0.1) is 13.2 Å². The molecule has 0 N–H and O–H groups in total. The Morgan fingerprint density at radius 2 is 1.74 bits per heavy atom. The van der Waals surface area contributed by atoms with Gasteiger partial charge in [0.15, 0.2) is 5.69 Å². The fourth-order valence-electron chi connectivity index (χ4n) is 3.54. The molecular weight excluding hydrogens is 336 g/mol. The minimum absolute atomic E-state index is 0.342. The monoisotopic (exact) mass is 358 g/mol. The summed E-state index contributed by atoms with van der Waals surface area (Å²) in [5, 5.41) is 4.63. The number of hydrogen-bond donors (Lipinski definition) is 0. The van der Waals surface area contributed by atoms with Crippen molar-refractivity contribution in [1.82, 2.24) is 9.78 Å². The summed E-state index contributed by atoms with van der Waals surface area (Å²) in [6.07, 6.45) is 3.89. The molecule has 4 nitrogen and oxygen atoms in total. The Bertz CT molecular complexity index is 972. The normalized spacial score (nSPS) is 13.0. The average Bonchev–Trinajstić information content (AvgIpc) is 3.07. The Balaban J connectivity index is 1.77. The molecule has 1 heterocycles. The fourth-order valence-corrected chi connectivity index (χ4v) is 3.54. The summed E-state index contributed by atoms with van der Waals surface area (Å²) < 4.78 is 7.21. The third-order valence-corrected chi connectivity index (χ3v) is 4.84. The number of carbonyl (C=O) groups is 1. The summed E-state index contributed by atoms with van der Waals surface area (Å²) in [7, 11) is 0. The molecule has 27 heavy (non-hydrogen) atoms. The van der Waals surface area contributed by atoms with Crippen molar-refractivity contribution in [3.8, 4) is 0 Å². The predicted octanol–water partition coefficient (Wildman–Crippen LogP) is 4.59. The lowest BCUT2D eigenvalue weighted by atomic mass is 9.91. The molecule has 0 unspecified atom stereocenters. The van der Waals surface area contributed by atoms with Crippen molar-refractivity contribution in [2.45, 2.75) is 26.3 Å². The Kier molecular flexibility index (Phi) is 4.88. The van der Waals surface area contributed by atoms with Gasteiger partial charge in [-0.2, -0.15) is 5.10 Å². The number of ether oxygens (including phenoxy) is 1. The van der Waals surface area contributed by atoms with E-state index in [1.165, 1.54) is 11.1 Å². The van der Waals surface area contributed by atoms with Crippen LogP contribution >= 0.6 is 0 Å². The molecule has 0 amide bonds. The first-order chi connectivity index (χ1) is 13.3. The highest BCUT2D eigenvalue weighted by Gasteiger charge is 2.26. The SMILES string of the molecule is CCOC(=O)c1nn(Cc2ccccc2)c2c1C=C(c1ccccc1)CC2. The number of hydrogen-bond acceptors (Lipinski definition) is 3. The third kappa shape index (κ3) is 3.56.